The van der Waals surface area contributed by atoms with Gasteiger partial charge in [0.25, 0.3) is 0 Å². The molecule has 5 nitrogen and oxygen atoms in total. The van der Waals surface area contributed by atoms with Crippen molar-refractivity contribution in [1.29, 1.82) is 0 Å². The zero-order valence-corrected chi connectivity index (χ0v) is 10.9. The minimum absolute atomic E-state index is 0.489. The first-order chi connectivity index (χ1) is 8.60. The molecule has 1 unspecified atom stereocenters. The van der Waals surface area contributed by atoms with E-state index in [4.69, 9.17) is 14.6 Å². The van der Waals surface area contributed by atoms with Crippen molar-refractivity contribution in [1.82, 2.24) is 5.32 Å². The number of carboxylic acid groups (broad SMARTS) is 1. The molecule has 0 saturated carbocycles. The van der Waals surface area contributed by atoms with E-state index < -0.39 is 12.1 Å². The molecule has 0 spiro atoms. The fourth-order valence-electron chi connectivity index (χ4n) is 1.52. The topological polar surface area (TPSA) is 67.8 Å². The average molecular weight is 253 g/mol. The number of nitrogens with one attached hydrogen (secondary N) is 1. The Hall–Kier alpha value is -1.75. The molecule has 1 aromatic carbocycles. The lowest BCUT2D eigenvalue weighted by Gasteiger charge is -2.18. The predicted octanol–water partition coefficient (Wildman–Crippen LogP) is 1.66. The molecule has 1 aromatic rings. The van der Waals surface area contributed by atoms with Gasteiger partial charge in [-0.3, -0.25) is 0 Å². The third-order valence-corrected chi connectivity index (χ3v) is 2.37. The molecule has 18 heavy (non-hydrogen) atoms. The number of carbonyl (C=O) groups is 1. The summed E-state index contributed by atoms with van der Waals surface area (Å²) in [5.74, 6) is 0.0543. The Morgan fingerprint density at radius 1 is 1.50 bits per heavy atom. The third kappa shape index (κ3) is 3.63. The van der Waals surface area contributed by atoms with Gasteiger partial charge in [0.1, 0.15) is 0 Å². The zero-order valence-electron chi connectivity index (χ0n) is 10.9. The quantitative estimate of drug-likeness (QED) is 0.773. The smallest absolute Gasteiger partial charge is 0.344 e. The maximum Gasteiger partial charge on any atom is 0.344 e. The van der Waals surface area contributed by atoms with Crippen molar-refractivity contribution in [2.24, 2.45) is 0 Å². The summed E-state index contributed by atoms with van der Waals surface area (Å²) in [5.41, 5.74) is 0.872. The molecule has 0 aliphatic heterocycles. The van der Waals surface area contributed by atoms with E-state index in [1.54, 1.807) is 6.07 Å². The second-order valence-electron chi connectivity index (χ2n) is 3.81. The van der Waals surface area contributed by atoms with Gasteiger partial charge in [-0.05, 0) is 27.0 Å². The molecule has 0 saturated heterocycles. The fraction of sp³-hybridized carbons (Fsp3) is 0.462. The number of ether oxygens (including phenoxy) is 2. The molecule has 1 rings (SSSR count). The van der Waals surface area contributed by atoms with Gasteiger partial charge in [0.2, 0.25) is 0 Å². The van der Waals surface area contributed by atoms with Gasteiger partial charge in [0.05, 0.1) is 6.61 Å². The maximum absolute atomic E-state index is 10.9. The van der Waals surface area contributed by atoms with E-state index in [0.717, 1.165) is 5.56 Å². The highest BCUT2D eigenvalue weighted by atomic mass is 16.5. The monoisotopic (exact) mass is 253 g/mol. The summed E-state index contributed by atoms with van der Waals surface area (Å²) < 4.78 is 10.9. The van der Waals surface area contributed by atoms with Gasteiger partial charge >= 0.3 is 5.97 Å². The molecule has 0 amide bonds. The van der Waals surface area contributed by atoms with E-state index in [-0.39, 0.29) is 0 Å². The first-order valence-corrected chi connectivity index (χ1v) is 5.88. The van der Waals surface area contributed by atoms with Crippen LogP contribution in [0.5, 0.6) is 11.5 Å². The molecule has 2 N–H and O–H groups in total. The zero-order chi connectivity index (χ0) is 13.5. The van der Waals surface area contributed by atoms with Crippen molar-refractivity contribution in [3.63, 3.8) is 0 Å². The molecule has 0 heterocycles. The van der Waals surface area contributed by atoms with Crippen molar-refractivity contribution < 1.29 is 19.4 Å². The van der Waals surface area contributed by atoms with Crippen molar-refractivity contribution in [2.75, 3.05) is 13.7 Å². The van der Waals surface area contributed by atoms with Crippen LogP contribution in [0.3, 0.4) is 0 Å². The van der Waals surface area contributed by atoms with Crippen LogP contribution in [0.15, 0.2) is 18.2 Å². The molecule has 0 fully saturated rings. The number of carboxylic acids is 1. The SMILES string of the molecule is CCOc1cccc(CNC)c1OC(C)C(=O)O. The van der Waals surface area contributed by atoms with Crippen molar-refractivity contribution in [3.05, 3.63) is 23.8 Å². The number of hydrogen-bond donors (Lipinski definition) is 2. The van der Waals surface area contributed by atoms with Crippen LogP contribution < -0.4 is 14.8 Å². The minimum atomic E-state index is -1.00. The van der Waals surface area contributed by atoms with Gasteiger partial charge < -0.3 is 19.9 Å². The first-order valence-electron chi connectivity index (χ1n) is 5.88. The summed E-state index contributed by atoms with van der Waals surface area (Å²) in [7, 11) is 1.82. The van der Waals surface area contributed by atoms with Crippen LogP contribution in [0.25, 0.3) is 0 Å². The van der Waals surface area contributed by atoms with Crippen LogP contribution >= 0.6 is 0 Å². The lowest BCUT2D eigenvalue weighted by atomic mass is 10.2. The van der Waals surface area contributed by atoms with Crippen LogP contribution in [0.2, 0.25) is 0 Å². The Morgan fingerprint density at radius 2 is 2.22 bits per heavy atom. The average Bonchev–Trinajstić information content (AvgIpc) is 2.33. The van der Waals surface area contributed by atoms with Gasteiger partial charge in [-0.25, -0.2) is 4.79 Å². The van der Waals surface area contributed by atoms with Crippen molar-refractivity contribution >= 4 is 5.97 Å². The van der Waals surface area contributed by atoms with Crippen LogP contribution in [-0.4, -0.2) is 30.8 Å². The Bertz CT molecular complexity index is 382. The van der Waals surface area contributed by atoms with E-state index in [1.807, 2.05) is 26.1 Å². The molecule has 5 heteroatoms. The second-order valence-corrected chi connectivity index (χ2v) is 3.81. The summed E-state index contributed by atoms with van der Waals surface area (Å²) in [6.45, 7) is 4.45. The largest absolute Gasteiger partial charge is 0.490 e. The van der Waals surface area contributed by atoms with Crippen molar-refractivity contribution in [2.45, 2.75) is 26.5 Å². The Kier molecular flexibility index (Phi) is 5.45. The number of rotatable bonds is 7. The van der Waals surface area contributed by atoms with Gasteiger partial charge in [-0.15, -0.1) is 0 Å². The van der Waals surface area contributed by atoms with Crippen LogP contribution in [0.4, 0.5) is 0 Å². The minimum Gasteiger partial charge on any atom is -0.490 e. The van der Waals surface area contributed by atoms with Crippen LogP contribution in [-0.2, 0) is 11.3 Å². The first kappa shape index (κ1) is 14.3. The molecular weight excluding hydrogens is 234 g/mol. The van der Waals surface area contributed by atoms with Crippen LogP contribution in [0, 0.1) is 0 Å². The number of para-hydroxylation sites is 1. The molecule has 0 bridgehead atoms. The van der Waals surface area contributed by atoms with E-state index in [9.17, 15) is 4.79 Å². The van der Waals surface area contributed by atoms with E-state index >= 15 is 0 Å². The summed E-state index contributed by atoms with van der Waals surface area (Å²) in [6, 6.07) is 5.51. The summed E-state index contributed by atoms with van der Waals surface area (Å²) >= 11 is 0. The summed E-state index contributed by atoms with van der Waals surface area (Å²) in [5, 5.41) is 11.9. The fourth-order valence-corrected chi connectivity index (χ4v) is 1.52. The predicted molar refractivity (Wildman–Crippen MR) is 68.1 cm³/mol. The Labute approximate surface area is 107 Å². The van der Waals surface area contributed by atoms with Gasteiger partial charge in [-0.2, -0.15) is 0 Å². The Balaban J connectivity index is 3.05. The van der Waals surface area contributed by atoms with Crippen LogP contribution in [0.1, 0.15) is 19.4 Å². The highest BCUT2D eigenvalue weighted by Gasteiger charge is 2.18. The molecule has 0 aliphatic carbocycles. The summed E-state index contributed by atoms with van der Waals surface area (Å²) in [6.07, 6.45) is -0.915. The lowest BCUT2D eigenvalue weighted by molar-refractivity contribution is -0.144. The molecule has 100 valence electrons. The molecule has 0 aliphatic rings. The Morgan fingerprint density at radius 3 is 2.78 bits per heavy atom. The molecule has 1 atom stereocenters. The third-order valence-electron chi connectivity index (χ3n) is 2.37. The normalized spacial score (nSPS) is 11.9. The highest BCUT2D eigenvalue weighted by molar-refractivity contribution is 5.72. The van der Waals surface area contributed by atoms with Gasteiger partial charge in [0, 0.05) is 12.1 Å². The molecule has 0 aromatic heterocycles. The van der Waals surface area contributed by atoms with Gasteiger partial charge in [0.15, 0.2) is 17.6 Å². The maximum atomic E-state index is 10.9. The number of hydrogen-bond acceptors (Lipinski definition) is 4. The standard InChI is InChI=1S/C13H19NO4/c1-4-17-11-7-5-6-10(8-14-3)12(11)18-9(2)13(15)16/h5-7,9,14H,4,8H2,1-3H3,(H,15,16). The van der Waals surface area contributed by atoms with E-state index in [0.29, 0.717) is 24.7 Å². The lowest BCUT2D eigenvalue weighted by Crippen LogP contribution is -2.24. The van der Waals surface area contributed by atoms with E-state index in [1.165, 1.54) is 6.92 Å². The summed E-state index contributed by atoms with van der Waals surface area (Å²) in [4.78, 5) is 10.9. The number of aliphatic carboxylic acids is 1. The second kappa shape index (κ2) is 6.86. The number of benzene rings is 1. The molecule has 0 radical (unpaired) electrons. The van der Waals surface area contributed by atoms with E-state index in [2.05, 4.69) is 5.32 Å². The van der Waals surface area contributed by atoms with Gasteiger partial charge in [-0.1, -0.05) is 12.1 Å². The highest BCUT2D eigenvalue weighted by Crippen LogP contribution is 2.32. The van der Waals surface area contributed by atoms with Crippen molar-refractivity contribution in [3.8, 4) is 11.5 Å². The molecular formula is C13H19NO4.